The van der Waals surface area contributed by atoms with Crippen LogP contribution >= 0.6 is 23.1 Å². The Morgan fingerprint density at radius 3 is 2.75 bits per heavy atom. The molecule has 0 N–H and O–H groups in total. The Labute approximate surface area is 190 Å². The molecule has 166 valence electrons. The number of imidazole rings is 1. The van der Waals surface area contributed by atoms with E-state index in [4.69, 9.17) is 9.72 Å². The quantitative estimate of drug-likeness (QED) is 0.283. The highest BCUT2D eigenvalue weighted by molar-refractivity contribution is 7.98. The molecule has 3 heterocycles. The SMILES string of the molecule is COc1ccc(-n2c(SCc3nccn3C(F)F)nc3sc4c(c3c2=O)CCCC4)cc1. The number of hydrogen-bond acceptors (Lipinski definition) is 6. The number of alkyl halides is 2. The number of nitrogens with zero attached hydrogens (tertiary/aromatic N) is 4. The molecule has 0 fully saturated rings. The highest BCUT2D eigenvalue weighted by Gasteiger charge is 2.23. The van der Waals surface area contributed by atoms with E-state index in [0.717, 1.165) is 35.8 Å². The molecule has 4 aromatic rings. The lowest BCUT2D eigenvalue weighted by Gasteiger charge is -2.14. The molecule has 5 rings (SSSR count). The number of rotatable bonds is 6. The third-order valence-electron chi connectivity index (χ3n) is 5.58. The van der Waals surface area contributed by atoms with Gasteiger partial charge in [0, 0.05) is 17.3 Å². The van der Waals surface area contributed by atoms with Crippen LogP contribution < -0.4 is 10.3 Å². The summed E-state index contributed by atoms with van der Waals surface area (Å²) in [7, 11) is 1.58. The highest BCUT2D eigenvalue weighted by atomic mass is 32.2. The number of thioether (sulfide) groups is 1. The average molecular weight is 475 g/mol. The van der Waals surface area contributed by atoms with Gasteiger partial charge in [-0.25, -0.2) is 9.97 Å². The average Bonchev–Trinajstić information content (AvgIpc) is 3.42. The molecule has 0 spiro atoms. The summed E-state index contributed by atoms with van der Waals surface area (Å²) in [6.07, 6.45) is 6.63. The molecule has 6 nitrogen and oxygen atoms in total. The first kappa shape index (κ1) is 21.1. The lowest BCUT2D eigenvalue weighted by atomic mass is 9.97. The van der Waals surface area contributed by atoms with Crippen molar-refractivity contribution in [1.29, 1.82) is 0 Å². The summed E-state index contributed by atoms with van der Waals surface area (Å²) in [6, 6.07) is 7.17. The van der Waals surface area contributed by atoms with Crippen molar-refractivity contribution in [2.75, 3.05) is 7.11 Å². The van der Waals surface area contributed by atoms with Crippen LogP contribution in [0.3, 0.4) is 0 Å². The third kappa shape index (κ3) is 3.71. The van der Waals surface area contributed by atoms with Crippen molar-refractivity contribution in [1.82, 2.24) is 19.1 Å². The van der Waals surface area contributed by atoms with Crippen LogP contribution in [0.1, 0.15) is 35.7 Å². The number of hydrogen-bond donors (Lipinski definition) is 0. The summed E-state index contributed by atoms with van der Waals surface area (Å²) in [5, 5.41) is 1.13. The first-order chi connectivity index (χ1) is 15.6. The van der Waals surface area contributed by atoms with Crippen molar-refractivity contribution >= 4 is 33.3 Å². The molecule has 0 unspecified atom stereocenters. The minimum absolute atomic E-state index is 0.126. The van der Waals surface area contributed by atoms with Gasteiger partial charge in [0.15, 0.2) is 5.16 Å². The second kappa shape index (κ2) is 8.67. The zero-order valence-electron chi connectivity index (χ0n) is 17.3. The van der Waals surface area contributed by atoms with Gasteiger partial charge in [0.1, 0.15) is 16.4 Å². The van der Waals surface area contributed by atoms with E-state index in [1.54, 1.807) is 47.3 Å². The maximum Gasteiger partial charge on any atom is 0.319 e. The van der Waals surface area contributed by atoms with Crippen LogP contribution in [-0.2, 0) is 18.6 Å². The Kier molecular flexibility index (Phi) is 5.73. The second-order valence-electron chi connectivity index (χ2n) is 7.44. The summed E-state index contributed by atoms with van der Waals surface area (Å²) in [4.78, 5) is 24.5. The third-order valence-corrected chi connectivity index (χ3v) is 7.70. The van der Waals surface area contributed by atoms with Crippen LogP contribution in [-0.4, -0.2) is 26.2 Å². The molecule has 3 aromatic heterocycles. The van der Waals surface area contributed by atoms with E-state index in [1.165, 1.54) is 29.0 Å². The predicted molar refractivity (Wildman–Crippen MR) is 121 cm³/mol. The second-order valence-corrected chi connectivity index (χ2v) is 9.47. The smallest absolute Gasteiger partial charge is 0.319 e. The zero-order chi connectivity index (χ0) is 22.2. The first-order valence-corrected chi connectivity index (χ1v) is 12.0. The summed E-state index contributed by atoms with van der Waals surface area (Å²) >= 11 is 2.80. The minimum atomic E-state index is -2.67. The first-order valence-electron chi connectivity index (χ1n) is 10.2. The number of fused-ring (bicyclic) bond motifs is 3. The highest BCUT2D eigenvalue weighted by Crippen LogP contribution is 2.35. The van der Waals surface area contributed by atoms with Crippen molar-refractivity contribution in [3.63, 3.8) is 0 Å². The summed E-state index contributed by atoms with van der Waals surface area (Å²) < 4.78 is 34.1. The van der Waals surface area contributed by atoms with Crippen LogP contribution in [0.5, 0.6) is 5.75 Å². The molecule has 0 amide bonds. The van der Waals surface area contributed by atoms with Crippen LogP contribution in [0.15, 0.2) is 46.6 Å². The largest absolute Gasteiger partial charge is 0.497 e. The van der Waals surface area contributed by atoms with Crippen LogP contribution in [0, 0.1) is 0 Å². The van der Waals surface area contributed by atoms with Crippen molar-refractivity contribution in [3.05, 3.63) is 63.3 Å². The predicted octanol–water partition coefficient (Wildman–Crippen LogP) is 5.22. The standard InChI is InChI=1S/C22H20F2N4O2S2/c1-30-14-8-6-13(7-9-14)28-20(29)18-15-4-2-3-5-16(15)32-19(18)26-22(28)31-12-17-25-10-11-27(17)21(23)24/h6-11,21H,2-5,12H2,1H3. The van der Waals surface area contributed by atoms with Gasteiger partial charge in [-0.05, 0) is 55.5 Å². The molecule has 32 heavy (non-hydrogen) atoms. The van der Waals surface area contributed by atoms with Gasteiger partial charge in [-0.15, -0.1) is 11.3 Å². The monoisotopic (exact) mass is 474 g/mol. The van der Waals surface area contributed by atoms with Gasteiger partial charge in [0.2, 0.25) is 0 Å². The molecule has 0 aliphatic heterocycles. The molecule has 0 bridgehead atoms. The van der Waals surface area contributed by atoms with E-state index in [2.05, 4.69) is 4.98 Å². The Morgan fingerprint density at radius 2 is 2.00 bits per heavy atom. The van der Waals surface area contributed by atoms with E-state index < -0.39 is 6.55 Å². The van der Waals surface area contributed by atoms with Gasteiger partial charge in [0.25, 0.3) is 5.56 Å². The van der Waals surface area contributed by atoms with Gasteiger partial charge in [-0.1, -0.05) is 11.8 Å². The van der Waals surface area contributed by atoms with Gasteiger partial charge >= 0.3 is 6.55 Å². The fourth-order valence-corrected chi connectivity index (χ4v) is 6.27. The van der Waals surface area contributed by atoms with E-state index in [9.17, 15) is 13.6 Å². The molecular formula is C22H20F2N4O2S2. The van der Waals surface area contributed by atoms with E-state index in [-0.39, 0.29) is 17.1 Å². The molecule has 10 heteroatoms. The lowest BCUT2D eigenvalue weighted by molar-refractivity contribution is 0.0678. The molecule has 0 saturated carbocycles. The van der Waals surface area contributed by atoms with E-state index >= 15 is 0 Å². The normalized spacial score (nSPS) is 13.6. The number of aromatic nitrogens is 4. The molecule has 0 radical (unpaired) electrons. The molecule has 1 aliphatic carbocycles. The number of benzene rings is 1. The lowest BCUT2D eigenvalue weighted by Crippen LogP contribution is -2.22. The molecular weight excluding hydrogens is 454 g/mol. The summed E-state index contributed by atoms with van der Waals surface area (Å²) in [5.41, 5.74) is 1.64. The number of halogens is 2. The number of methoxy groups -OCH3 is 1. The molecule has 0 saturated heterocycles. The number of aryl methyl sites for hydroxylation is 2. The maximum absolute atomic E-state index is 13.7. The van der Waals surface area contributed by atoms with Crippen molar-refractivity contribution < 1.29 is 13.5 Å². The van der Waals surface area contributed by atoms with Crippen LogP contribution in [0.25, 0.3) is 15.9 Å². The minimum Gasteiger partial charge on any atom is -0.497 e. The number of thiophene rings is 1. The maximum atomic E-state index is 13.7. The van der Waals surface area contributed by atoms with Gasteiger partial charge in [-0.3, -0.25) is 13.9 Å². The van der Waals surface area contributed by atoms with Crippen molar-refractivity contribution in [2.24, 2.45) is 0 Å². The Balaban J connectivity index is 1.64. The van der Waals surface area contributed by atoms with E-state index in [1.807, 2.05) is 0 Å². The van der Waals surface area contributed by atoms with Crippen molar-refractivity contribution in [3.8, 4) is 11.4 Å². The topological polar surface area (TPSA) is 61.9 Å². The Bertz CT molecular complexity index is 1330. The van der Waals surface area contributed by atoms with Crippen LogP contribution in [0.2, 0.25) is 0 Å². The van der Waals surface area contributed by atoms with Gasteiger partial charge in [-0.2, -0.15) is 8.78 Å². The van der Waals surface area contributed by atoms with Crippen LogP contribution in [0.4, 0.5) is 8.78 Å². The zero-order valence-corrected chi connectivity index (χ0v) is 18.9. The Hall–Kier alpha value is -2.72. The molecule has 1 aliphatic rings. The molecule has 0 atom stereocenters. The number of ether oxygens (including phenoxy) is 1. The van der Waals surface area contributed by atoms with Crippen molar-refractivity contribution in [2.45, 2.75) is 43.1 Å². The Morgan fingerprint density at radius 1 is 1.22 bits per heavy atom. The fraction of sp³-hybridized carbons (Fsp3) is 0.318. The van der Waals surface area contributed by atoms with Gasteiger partial charge in [0.05, 0.1) is 23.9 Å². The van der Waals surface area contributed by atoms with E-state index in [0.29, 0.717) is 26.8 Å². The fourth-order valence-electron chi connectivity index (χ4n) is 4.00. The summed E-state index contributed by atoms with van der Waals surface area (Å²) in [5.74, 6) is 1.07. The summed E-state index contributed by atoms with van der Waals surface area (Å²) in [6.45, 7) is -2.67. The van der Waals surface area contributed by atoms with Gasteiger partial charge < -0.3 is 4.74 Å². The molecule has 1 aromatic carbocycles.